The second-order valence-electron chi connectivity index (χ2n) is 5.29. The number of imidazole rings is 1. The lowest BCUT2D eigenvalue weighted by Gasteiger charge is -2.28. The lowest BCUT2D eigenvalue weighted by atomic mass is 10.1. The van der Waals surface area contributed by atoms with E-state index < -0.39 is 16.0 Å². The van der Waals surface area contributed by atoms with Gasteiger partial charge in [0.2, 0.25) is 10.0 Å². The van der Waals surface area contributed by atoms with Gasteiger partial charge in [-0.3, -0.25) is 4.31 Å². The third-order valence-corrected chi connectivity index (χ3v) is 5.77. The fourth-order valence-electron chi connectivity index (χ4n) is 2.77. The van der Waals surface area contributed by atoms with E-state index >= 15 is 0 Å². The number of carboxylic acid groups (broad SMARTS) is 1. The molecule has 0 amide bonds. The van der Waals surface area contributed by atoms with Crippen molar-refractivity contribution in [3.63, 3.8) is 0 Å². The van der Waals surface area contributed by atoms with Crippen LogP contribution in [0, 0.1) is 0 Å². The number of carboxylic acids is 1. The van der Waals surface area contributed by atoms with Crippen LogP contribution in [0.3, 0.4) is 0 Å². The van der Waals surface area contributed by atoms with Crippen molar-refractivity contribution in [3.8, 4) is 0 Å². The van der Waals surface area contributed by atoms with Gasteiger partial charge in [-0.2, -0.15) is 0 Å². The Labute approximate surface area is 128 Å². The van der Waals surface area contributed by atoms with Gasteiger partial charge < -0.3 is 9.67 Å². The molecule has 1 fully saturated rings. The molecule has 0 unspecified atom stereocenters. The van der Waals surface area contributed by atoms with Gasteiger partial charge in [0.1, 0.15) is 5.52 Å². The van der Waals surface area contributed by atoms with Crippen molar-refractivity contribution in [1.29, 1.82) is 0 Å². The van der Waals surface area contributed by atoms with E-state index in [1.54, 1.807) is 6.33 Å². The zero-order chi connectivity index (χ0) is 15.9. The first-order valence-corrected chi connectivity index (χ1v) is 8.77. The summed E-state index contributed by atoms with van der Waals surface area (Å²) < 4.78 is 27.8. The van der Waals surface area contributed by atoms with Crippen molar-refractivity contribution >= 4 is 32.7 Å². The van der Waals surface area contributed by atoms with E-state index in [0.717, 1.165) is 6.42 Å². The highest BCUT2D eigenvalue weighted by Gasteiger charge is 2.29. The molecule has 0 spiro atoms. The largest absolute Gasteiger partial charge is 0.478 e. The van der Waals surface area contributed by atoms with Gasteiger partial charge in [0, 0.05) is 13.1 Å². The van der Waals surface area contributed by atoms with E-state index in [0.29, 0.717) is 36.2 Å². The summed E-state index contributed by atoms with van der Waals surface area (Å²) in [6.45, 7) is 2.91. The van der Waals surface area contributed by atoms with Crippen molar-refractivity contribution < 1.29 is 18.3 Å². The second-order valence-corrected chi connectivity index (χ2v) is 7.31. The van der Waals surface area contributed by atoms with Crippen LogP contribution in [0.1, 0.15) is 30.1 Å². The maximum Gasteiger partial charge on any atom is 0.335 e. The van der Waals surface area contributed by atoms with E-state index in [1.807, 2.05) is 11.5 Å². The number of nitrogens with zero attached hydrogens (tertiary/aromatic N) is 3. The van der Waals surface area contributed by atoms with E-state index in [4.69, 9.17) is 0 Å². The second kappa shape index (κ2) is 5.28. The number of aromatic nitrogens is 2. The first-order valence-electron chi connectivity index (χ1n) is 7.16. The number of sulfonamides is 1. The van der Waals surface area contributed by atoms with Crippen molar-refractivity contribution in [2.45, 2.75) is 26.3 Å². The predicted molar refractivity (Wildman–Crippen MR) is 82.7 cm³/mol. The SMILES string of the molecule is CCn1cnc2c(N3CCCCS3(=O)=O)cc(C(=O)O)cc21. The summed E-state index contributed by atoms with van der Waals surface area (Å²) in [6, 6.07) is 2.94. The fourth-order valence-corrected chi connectivity index (χ4v) is 4.41. The molecule has 118 valence electrons. The predicted octanol–water partition coefficient (Wildman–Crippen LogP) is 1.68. The molecule has 0 aliphatic carbocycles. The Morgan fingerprint density at radius 1 is 1.36 bits per heavy atom. The number of rotatable bonds is 3. The molecule has 8 heteroatoms. The molecule has 0 bridgehead atoms. The maximum absolute atomic E-state index is 12.3. The zero-order valence-electron chi connectivity index (χ0n) is 12.2. The first-order chi connectivity index (χ1) is 10.4. The molecule has 2 heterocycles. The first kappa shape index (κ1) is 14.8. The highest BCUT2D eigenvalue weighted by atomic mass is 32.2. The Balaban J connectivity index is 2.27. The summed E-state index contributed by atoms with van der Waals surface area (Å²) in [6.07, 6.45) is 2.99. The minimum absolute atomic E-state index is 0.0680. The summed E-state index contributed by atoms with van der Waals surface area (Å²) in [5.41, 5.74) is 1.59. The molecule has 22 heavy (non-hydrogen) atoms. The average molecular weight is 323 g/mol. The Morgan fingerprint density at radius 3 is 2.77 bits per heavy atom. The molecule has 3 rings (SSSR count). The number of carbonyl (C=O) groups is 1. The number of aryl methyl sites for hydroxylation is 1. The van der Waals surface area contributed by atoms with Crippen LogP contribution in [0.5, 0.6) is 0 Å². The van der Waals surface area contributed by atoms with Gasteiger partial charge in [-0.05, 0) is 31.9 Å². The molecule has 1 aromatic carbocycles. The summed E-state index contributed by atoms with van der Waals surface area (Å²) in [4.78, 5) is 15.7. The van der Waals surface area contributed by atoms with E-state index in [-0.39, 0.29) is 11.3 Å². The molecule has 1 saturated heterocycles. The van der Waals surface area contributed by atoms with E-state index in [9.17, 15) is 18.3 Å². The highest BCUT2D eigenvalue weighted by molar-refractivity contribution is 7.92. The number of hydrogen-bond donors (Lipinski definition) is 1. The Hall–Kier alpha value is -2.09. The number of anilines is 1. The van der Waals surface area contributed by atoms with Crippen molar-refractivity contribution in [1.82, 2.24) is 9.55 Å². The van der Waals surface area contributed by atoms with E-state index in [2.05, 4.69) is 4.98 Å². The standard InChI is InChI=1S/C14H17N3O4S/c1-2-16-9-15-13-11(16)7-10(14(18)19)8-12(13)17-5-3-4-6-22(17,20)21/h7-9H,2-6H2,1H3,(H,18,19). The van der Waals surface area contributed by atoms with Crippen LogP contribution in [0.15, 0.2) is 18.5 Å². The lowest BCUT2D eigenvalue weighted by molar-refractivity contribution is 0.0697. The third-order valence-electron chi connectivity index (χ3n) is 3.91. The third kappa shape index (κ3) is 2.33. The molecule has 0 radical (unpaired) electrons. The minimum Gasteiger partial charge on any atom is -0.478 e. The van der Waals surface area contributed by atoms with Crippen LogP contribution < -0.4 is 4.31 Å². The smallest absolute Gasteiger partial charge is 0.335 e. The summed E-state index contributed by atoms with van der Waals surface area (Å²) in [5, 5.41) is 9.30. The number of fused-ring (bicyclic) bond motifs is 1. The van der Waals surface area contributed by atoms with Crippen LogP contribution >= 0.6 is 0 Å². The Morgan fingerprint density at radius 2 is 2.14 bits per heavy atom. The average Bonchev–Trinajstić information content (AvgIpc) is 2.89. The molecule has 2 aromatic rings. The Bertz CT molecular complexity index is 841. The van der Waals surface area contributed by atoms with Gasteiger partial charge in [0.05, 0.1) is 28.8 Å². The lowest BCUT2D eigenvalue weighted by Crippen LogP contribution is -2.38. The Kier molecular flexibility index (Phi) is 3.56. The van der Waals surface area contributed by atoms with Crippen LogP contribution in [-0.2, 0) is 16.6 Å². The highest BCUT2D eigenvalue weighted by Crippen LogP contribution is 2.32. The minimum atomic E-state index is -3.42. The molecule has 1 aliphatic heterocycles. The topological polar surface area (TPSA) is 92.5 Å². The van der Waals surface area contributed by atoms with Gasteiger partial charge in [-0.15, -0.1) is 0 Å². The molecular weight excluding hydrogens is 306 g/mol. The van der Waals surface area contributed by atoms with Gasteiger partial charge in [0.15, 0.2) is 0 Å². The summed E-state index contributed by atoms with van der Waals surface area (Å²) in [7, 11) is -3.42. The molecule has 0 atom stereocenters. The van der Waals surface area contributed by atoms with Crippen LogP contribution in [0.4, 0.5) is 5.69 Å². The molecule has 7 nitrogen and oxygen atoms in total. The van der Waals surface area contributed by atoms with Gasteiger partial charge in [-0.25, -0.2) is 18.2 Å². The molecular formula is C14H17N3O4S. The molecule has 1 N–H and O–H groups in total. The molecule has 0 saturated carbocycles. The fraction of sp³-hybridized carbons (Fsp3) is 0.429. The monoisotopic (exact) mass is 323 g/mol. The maximum atomic E-state index is 12.3. The van der Waals surface area contributed by atoms with Crippen molar-refractivity contribution in [2.75, 3.05) is 16.6 Å². The van der Waals surface area contributed by atoms with Gasteiger partial charge in [-0.1, -0.05) is 0 Å². The van der Waals surface area contributed by atoms with Crippen molar-refractivity contribution in [3.05, 3.63) is 24.0 Å². The van der Waals surface area contributed by atoms with Gasteiger partial charge in [0.25, 0.3) is 0 Å². The van der Waals surface area contributed by atoms with Gasteiger partial charge >= 0.3 is 5.97 Å². The number of hydrogen-bond acceptors (Lipinski definition) is 4. The normalized spacial score (nSPS) is 17.8. The summed E-state index contributed by atoms with van der Waals surface area (Å²) >= 11 is 0. The van der Waals surface area contributed by atoms with Crippen LogP contribution in [0.25, 0.3) is 11.0 Å². The number of aromatic carboxylic acids is 1. The summed E-state index contributed by atoms with van der Waals surface area (Å²) in [5.74, 6) is -0.998. The quantitative estimate of drug-likeness (QED) is 0.928. The zero-order valence-corrected chi connectivity index (χ0v) is 13.0. The number of benzene rings is 1. The van der Waals surface area contributed by atoms with E-state index in [1.165, 1.54) is 16.4 Å². The van der Waals surface area contributed by atoms with Crippen molar-refractivity contribution in [2.24, 2.45) is 0 Å². The van der Waals surface area contributed by atoms with Crippen LogP contribution in [-0.4, -0.2) is 41.3 Å². The molecule has 1 aromatic heterocycles. The van der Waals surface area contributed by atoms with Crippen LogP contribution in [0.2, 0.25) is 0 Å². The molecule has 1 aliphatic rings.